The molecule has 2 unspecified atom stereocenters. The zero-order valence-electron chi connectivity index (χ0n) is 14.2. The van der Waals surface area contributed by atoms with Gasteiger partial charge in [-0.15, -0.1) is 0 Å². The number of carbonyl (C=O) groups is 1. The van der Waals surface area contributed by atoms with Crippen LogP contribution in [0.3, 0.4) is 0 Å². The molecule has 0 aliphatic heterocycles. The number of hydrogen-bond acceptors (Lipinski definition) is 3. The first-order chi connectivity index (χ1) is 12.2. The normalized spacial score (nSPS) is 18.6. The summed E-state index contributed by atoms with van der Waals surface area (Å²) in [4.78, 5) is 12.3. The standard InChI is InChI=1S/C20H22ClNO3/c1-24-9-10-25-17-4-2-3-14(11-17)13-22-20(23)19-12-18(19)15-5-7-16(21)8-6-15/h2-8,11,18-19H,9-10,12-13H2,1H3,(H,22,23). The average molecular weight is 360 g/mol. The van der Waals surface area contributed by atoms with Crippen molar-refractivity contribution in [3.05, 3.63) is 64.7 Å². The Morgan fingerprint density at radius 3 is 2.76 bits per heavy atom. The van der Waals surface area contributed by atoms with Crippen LogP contribution in [0.25, 0.3) is 0 Å². The molecule has 2 atom stereocenters. The number of amides is 1. The highest BCUT2D eigenvalue weighted by Crippen LogP contribution is 2.47. The predicted octanol–water partition coefficient (Wildman–Crippen LogP) is 3.79. The maximum absolute atomic E-state index is 12.3. The number of carbonyl (C=O) groups excluding carboxylic acids is 1. The lowest BCUT2D eigenvalue weighted by atomic mass is 10.1. The first-order valence-corrected chi connectivity index (χ1v) is 8.79. The van der Waals surface area contributed by atoms with E-state index in [-0.39, 0.29) is 11.8 Å². The summed E-state index contributed by atoms with van der Waals surface area (Å²) in [6, 6.07) is 15.5. The minimum Gasteiger partial charge on any atom is -0.491 e. The Morgan fingerprint density at radius 2 is 2.00 bits per heavy atom. The van der Waals surface area contributed by atoms with E-state index in [4.69, 9.17) is 21.1 Å². The predicted molar refractivity (Wildman–Crippen MR) is 98.0 cm³/mol. The second-order valence-corrected chi connectivity index (χ2v) is 6.64. The Labute approximate surface area is 153 Å². The van der Waals surface area contributed by atoms with Crippen molar-refractivity contribution in [2.24, 2.45) is 5.92 Å². The molecule has 0 saturated heterocycles. The van der Waals surface area contributed by atoms with Gasteiger partial charge in [-0.3, -0.25) is 4.79 Å². The number of benzene rings is 2. The summed E-state index contributed by atoms with van der Waals surface area (Å²) < 4.78 is 10.6. The molecule has 1 saturated carbocycles. The Kier molecular flexibility index (Phi) is 5.95. The van der Waals surface area contributed by atoms with E-state index in [9.17, 15) is 4.79 Å². The highest BCUT2D eigenvalue weighted by atomic mass is 35.5. The third kappa shape index (κ3) is 4.97. The van der Waals surface area contributed by atoms with Crippen LogP contribution in [0, 0.1) is 5.92 Å². The van der Waals surface area contributed by atoms with Gasteiger partial charge >= 0.3 is 0 Å². The summed E-state index contributed by atoms with van der Waals surface area (Å²) >= 11 is 5.91. The lowest BCUT2D eigenvalue weighted by Gasteiger charge is -2.09. The number of hydrogen-bond donors (Lipinski definition) is 1. The topological polar surface area (TPSA) is 47.6 Å². The highest BCUT2D eigenvalue weighted by molar-refractivity contribution is 6.30. The molecular formula is C20H22ClNO3. The van der Waals surface area contributed by atoms with Crippen molar-refractivity contribution in [2.45, 2.75) is 18.9 Å². The quantitative estimate of drug-likeness (QED) is 0.729. The molecule has 25 heavy (non-hydrogen) atoms. The molecule has 5 heteroatoms. The smallest absolute Gasteiger partial charge is 0.224 e. The zero-order valence-corrected chi connectivity index (χ0v) is 15.0. The molecule has 132 valence electrons. The molecule has 0 bridgehead atoms. The fourth-order valence-electron chi connectivity index (χ4n) is 2.87. The summed E-state index contributed by atoms with van der Waals surface area (Å²) in [5.41, 5.74) is 2.20. The van der Waals surface area contributed by atoms with E-state index in [2.05, 4.69) is 5.32 Å². The van der Waals surface area contributed by atoms with Gasteiger partial charge in [-0.25, -0.2) is 0 Å². The van der Waals surface area contributed by atoms with Crippen LogP contribution in [0.4, 0.5) is 0 Å². The monoisotopic (exact) mass is 359 g/mol. The van der Waals surface area contributed by atoms with E-state index in [1.165, 1.54) is 5.56 Å². The largest absolute Gasteiger partial charge is 0.491 e. The lowest BCUT2D eigenvalue weighted by molar-refractivity contribution is -0.122. The summed E-state index contributed by atoms with van der Waals surface area (Å²) in [7, 11) is 1.64. The van der Waals surface area contributed by atoms with E-state index in [0.717, 1.165) is 22.8 Å². The molecular weight excluding hydrogens is 338 g/mol. The third-order valence-electron chi connectivity index (χ3n) is 4.35. The number of nitrogens with one attached hydrogen (secondary N) is 1. The van der Waals surface area contributed by atoms with Gasteiger partial charge < -0.3 is 14.8 Å². The first kappa shape index (κ1) is 17.8. The Bertz CT molecular complexity index is 717. The molecule has 2 aromatic carbocycles. The van der Waals surface area contributed by atoms with Gasteiger partial charge in [-0.1, -0.05) is 35.9 Å². The number of methoxy groups -OCH3 is 1. The summed E-state index contributed by atoms with van der Waals surface area (Å²) in [6.45, 7) is 1.57. The minimum atomic E-state index is 0.0577. The van der Waals surface area contributed by atoms with Crippen LogP contribution < -0.4 is 10.1 Å². The SMILES string of the molecule is COCCOc1cccc(CNC(=O)C2CC2c2ccc(Cl)cc2)c1. The molecule has 1 amide bonds. The van der Waals surface area contributed by atoms with Crippen molar-refractivity contribution in [1.82, 2.24) is 5.32 Å². The van der Waals surface area contributed by atoms with E-state index in [1.807, 2.05) is 48.5 Å². The van der Waals surface area contributed by atoms with Gasteiger partial charge in [0.25, 0.3) is 0 Å². The van der Waals surface area contributed by atoms with Crippen LogP contribution >= 0.6 is 11.6 Å². The molecule has 2 aromatic rings. The van der Waals surface area contributed by atoms with Gasteiger partial charge in [0.2, 0.25) is 5.91 Å². The summed E-state index contributed by atoms with van der Waals surface area (Å²) in [6.07, 6.45) is 0.896. The van der Waals surface area contributed by atoms with Gasteiger partial charge in [0, 0.05) is 24.6 Å². The highest BCUT2D eigenvalue weighted by Gasteiger charge is 2.43. The molecule has 1 N–H and O–H groups in total. The van der Waals surface area contributed by atoms with Crippen molar-refractivity contribution >= 4 is 17.5 Å². The maximum Gasteiger partial charge on any atom is 0.224 e. The van der Waals surface area contributed by atoms with Crippen LogP contribution in [0.15, 0.2) is 48.5 Å². The van der Waals surface area contributed by atoms with Crippen LogP contribution in [0.2, 0.25) is 5.02 Å². The Morgan fingerprint density at radius 1 is 1.20 bits per heavy atom. The van der Waals surface area contributed by atoms with Crippen molar-refractivity contribution in [3.63, 3.8) is 0 Å². The number of rotatable bonds is 8. The summed E-state index contributed by atoms with van der Waals surface area (Å²) in [5, 5.41) is 3.74. The van der Waals surface area contributed by atoms with E-state index < -0.39 is 0 Å². The van der Waals surface area contributed by atoms with Crippen LogP contribution in [0.5, 0.6) is 5.75 Å². The number of halogens is 1. The zero-order chi connectivity index (χ0) is 17.6. The summed E-state index contributed by atoms with van der Waals surface area (Å²) in [5.74, 6) is 1.25. The van der Waals surface area contributed by atoms with Crippen LogP contribution in [0.1, 0.15) is 23.5 Å². The molecule has 1 aliphatic carbocycles. The van der Waals surface area contributed by atoms with Crippen molar-refractivity contribution in [2.75, 3.05) is 20.3 Å². The van der Waals surface area contributed by atoms with Crippen LogP contribution in [-0.2, 0) is 16.1 Å². The molecule has 4 nitrogen and oxygen atoms in total. The van der Waals surface area contributed by atoms with E-state index in [1.54, 1.807) is 7.11 Å². The lowest BCUT2D eigenvalue weighted by Crippen LogP contribution is -2.24. The molecule has 0 aromatic heterocycles. The van der Waals surface area contributed by atoms with Gasteiger partial charge in [-0.05, 0) is 47.7 Å². The van der Waals surface area contributed by atoms with Crippen molar-refractivity contribution in [1.29, 1.82) is 0 Å². The molecule has 0 spiro atoms. The molecule has 3 rings (SSSR count). The molecule has 0 heterocycles. The third-order valence-corrected chi connectivity index (χ3v) is 4.60. The fourth-order valence-corrected chi connectivity index (χ4v) is 3.00. The second-order valence-electron chi connectivity index (χ2n) is 6.21. The second kappa shape index (κ2) is 8.37. The average Bonchev–Trinajstić information content (AvgIpc) is 3.42. The maximum atomic E-state index is 12.3. The first-order valence-electron chi connectivity index (χ1n) is 8.41. The van der Waals surface area contributed by atoms with E-state index >= 15 is 0 Å². The minimum absolute atomic E-state index is 0.0577. The Hall–Kier alpha value is -2.04. The molecule has 1 aliphatic rings. The Balaban J connectivity index is 1.48. The van der Waals surface area contributed by atoms with Gasteiger partial charge in [0.15, 0.2) is 0 Å². The molecule has 0 radical (unpaired) electrons. The van der Waals surface area contributed by atoms with Gasteiger partial charge in [-0.2, -0.15) is 0 Å². The number of ether oxygens (including phenoxy) is 2. The van der Waals surface area contributed by atoms with Crippen LogP contribution in [-0.4, -0.2) is 26.2 Å². The van der Waals surface area contributed by atoms with Gasteiger partial charge in [0.1, 0.15) is 12.4 Å². The van der Waals surface area contributed by atoms with Gasteiger partial charge in [0.05, 0.1) is 6.61 Å². The van der Waals surface area contributed by atoms with Crippen molar-refractivity contribution in [3.8, 4) is 5.75 Å². The van der Waals surface area contributed by atoms with E-state index in [0.29, 0.717) is 25.7 Å². The van der Waals surface area contributed by atoms with Crippen molar-refractivity contribution < 1.29 is 14.3 Å². The fraction of sp³-hybridized carbons (Fsp3) is 0.350. The molecule has 1 fully saturated rings.